The zero-order valence-electron chi connectivity index (χ0n) is 23.1. The van der Waals surface area contributed by atoms with Crippen LogP contribution in [0.25, 0.3) is 0 Å². The minimum absolute atomic E-state index is 0.151. The van der Waals surface area contributed by atoms with Crippen LogP contribution < -0.4 is 10.2 Å². The number of nitrogens with one attached hydrogen (secondary N) is 1. The molecule has 39 heavy (non-hydrogen) atoms. The maximum Gasteiger partial charge on any atom is 0.417 e. The molecule has 5 rings (SSSR count). The summed E-state index contributed by atoms with van der Waals surface area (Å²) < 4.78 is 40.8. The van der Waals surface area contributed by atoms with Gasteiger partial charge in [-0.1, -0.05) is 32.9 Å². The maximum absolute atomic E-state index is 11.7. The average Bonchev–Trinajstić information content (AvgIpc) is 3.11. The van der Waals surface area contributed by atoms with Crippen molar-refractivity contribution in [1.82, 2.24) is 19.9 Å². The lowest BCUT2D eigenvalue weighted by Crippen LogP contribution is -2.37. The van der Waals surface area contributed by atoms with Gasteiger partial charge in [-0.3, -0.25) is 4.98 Å². The van der Waals surface area contributed by atoms with E-state index < -0.39 is 11.7 Å². The average molecular weight is 543 g/mol. The third kappa shape index (κ3) is 7.89. The summed E-state index contributed by atoms with van der Waals surface area (Å²) in [7, 11) is 2.18. The number of likely N-dealkylation sites (N-methyl/N-ethyl adjacent to an activating group) is 1. The van der Waals surface area contributed by atoms with Gasteiger partial charge in [-0.2, -0.15) is 18.2 Å². The Bertz CT molecular complexity index is 1210. The van der Waals surface area contributed by atoms with Crippen molar-refractivity contribution in [3.05, 3.63) is 71.2 Å². The minimum atomic E-state index is -4.27. The molecule has 0 unspecified atom stereocenters. The number of hydrogen-bond acceptors (Lipinski definition) is 7. The van der Waals surface area contributed by atoms with Crippen LogP contribution in [0.1, 0.15) is 43.2 Å². The van der Waals surface area contributed by atoms with Crippen LogP contribution in [0.2, 0.25) is 0 Å². The Morgan fingerprint density at radius 3 is 2.15 bits per heavy atom. The molecule has 1 aromatic carbocycles. The molecule has 1 fully saturated rings. The molecule has 210 valence electrons. The van der Waals surface area contributed by atoms with Gasteiger partial charge in [0.1, 0.15) is 5.82 Å². The second-order valence-electron chi connectivity index (χ2n) is 10.9. The van der Waals surface area contributed by atoms with Crippen molar-refractivity contribution >= 4 is 17.5 Å². The molecule has 0 atom stereocenters. The molecule has 10 heteroatoms. The lowest BCUT2D eigenvalue weighted by atomic mass is 9.87. The van der Waals surface area contributed by atoms with Gasteiger partial charge in [-0.05, 0) is 48.7 Å². The number of nitrogens with zero attached hydrogens (tertiary/aromatic N) is 5. The van der Waals surface area contributed by atoms with Gasteiger partial charge in [0, 0.05) is 56.2 Å². The van der Waals surface area contributed by atoms with E-state index in [9.17, 15) is 13.2 Å². The third-order valence-corrected chi connectivity index (χ3v) is 6.85. The lowest BCUT2D eigenvalue weighted by Gasteiger charge is -2.28. The number of anilines is 3. The number of aromatic nitrogens is 3. The lowest BCUT2D eigenvalue weighted by molar-refractivity contribution is -0.137. The molecule has 0 bridgehead atoms. The van der Waals surface area contributed by atoms with E-state index in [4.69, 9.17) is 14.7 Å². The van der Waals surface area contributed by atoms with Gasteiger partial charge >= 0.3 is 6.18 Å². The molecule has 0 saturated carbocycles. The van der Waals surface area contributed by atoms with Crippen LogP contribution in [-0.2, 0) is 29.2 Å². The highest BCUT2D eigenvalue weighted by Crippen LogP contribution is 2.30. The van der Waals surface area contributed by atoms with Crippen molar-refractivity contribution in [2.75, 3.05) is 56.7 Å². The fraction of sp³-hybridized carbons (Fsp3) is 0.483. The second kappa shape index (κ2) is 12.3. The van der Waals surface area contributed by atoms with Gasteiger partial charge in [0.25, 0.3) is 0 Å². The summed E-state index contributed by atoms with van der Waals surface area (Å²) >= 11 is 0. The Hall–Kier alpha value is -3.24. The van der Waals surface area contributed by atoms with Crippen molar-refractivity contribution in [2.24, 2.45) is 0 Å². The SMILES string of the molecule is CN1CCc2nc(N3CCOCC3)nc(Nc3ccc(C(C)(C)C)cc3)c2CC1.FC(F)(F)c1cccnc1. The molecule has 0 spiro atoms. The predicted molar refractivity (Wildman–Crippen MR) is 148 cm³/mol. The first-order chi connectivity index (χ1) is 18.5. The number of benzene rings is 1. The van der Waals surface area contributed by atoms with Crippen molar-refractivity contribution in [3.63, 3.8) is 0 Å². The summed E-state index contributed by atoms with van der Waals surface area (Å²) in [4.78, 5) is 17.9. The van der Waals surface area contributed by atoms with E-state index >= 15 is 0 Å². The van der Waals surface area contributed by atoms with Crippen LogP contribution in [0.5, 0.6) is 0 Å². The van der Waals surface area contributed by atoms with Crippen LogP contribution in [0.4, 0.5) is 30.6 Å². The summed E-state index contributed by atoms with van der Waals surface area (Å²) in [5.74, 6) is 1.78. The highest BCUT2D eigenvalue weighted by molar-refractivity contribution is 5.63. The van der Waals surface area contributed by atoms with Crippen molar-refractivity contribution in [1.29, 1.82) is 0 Å². The molecule has 2 aliphatic heterocycles. The smallest absolute Gasteiger partial charge is 0.378 e. The Kier molecular flexibility index (Phi) is 9.07. The number of morpholine rings is 1. The Morgan fingerprint density at radius 2 is 1.56 bits per heavy atom. The van der Waals surface area contributed by atoms with Gasteiger partial charge < -0.3 is 19.9 Å². The summed E-state index contributed by atoms with van der Waals surface area (Å²) in [5, 5.41) is 3.61. The number of pyridine rings is 1. The van der Waals surface area contributed by atoms with E-state index in [2.05, 4.69) is 72.2 Å². The summed E-state index contributed by atoms with van der Waals surface area (Å²) in [5.41, 5.74) is 4.28. The van der Waals surface area contributed by atoms with E-state index in [1.54, 1.807) is 0 Å². The van der Waals surface area contributed by atoms with E-state index in [0.29, 0.717) is 0 Å². The van der Waals surface area contributed by atoms with Crippen LogP contribution >= 0.6 is 0 Å². The van der Waals surface area contributed by atoms with E-state index in [1.807, 2.05) is 0 Å². The number of halogens is 3. The summed E-state index contributed by atoms with van der Waals surface area (Å²) in [6.07, 6.45) is -0.246. The second-order valence-corrected chi connectivity index (χ2v) is 10.9. The summed E-state index contributed by atoms with van der Waals surface area (Å²) in [6, 6.07) is 11.0. The molecule has 1 N–H and O–H groups in total. The highest BCUT2D eigenvalue weighted by atomic mass is 19.4. The Morgan fingerprint density at radius 1 is 0.872 bits per heavy atom. The van der Waals surface area contributed by atoms with Crippen molar-refractivity contribution < 1.29 is 17.9 Å². The van der Waals surface area contributed by atoms with Crippen LogP contribution in [0, 0.1) is 0 Å². The zero-order valence-corrected chi connectivity index (χ0v) is 23.1. The first-order valence-corrected chi connectivity index (χ1v) is 13.3. The minimum Gasteiger partial charge on any atom is -0.378 e. The van der Waals surface area contributed by atoms with Crippen LogP contribution in [0.15, 0.2) is 48.8 Å². The summed E-state index contributed by atoms with van der Waals surface area (Å²) in [6.45, 7) is 12.0. The zero-order chi connectivity index (χ0) is 28.0. The first kappa shape index (κ1) is 28.8. The number of fused-ring (bicyclic) bond motifs is 1. The molecule has 3 aromatic rings. The fourth-order valence-corrected chi connectivity index (χ4v) is 4.43. The Labute approximate surface area is 228 Å². The van der Waals surface area contributed by atoms with Gasteiger partial charge in [-0.25, -0.2) is 4.98 Å². The van der Waals surface area contributed by atoms with Gasteiger partial charge in [-0.15, -0.1) is 0 Å². The quantitative estimate of drug-likeness (QED) is 0.470. The standard InChI is InChI=1S/C23H33N5O.C6H4F3N/c1-23(2,3)17-5-7-18(8-6-17)24-21-19-9-11-27(4)12-10-20(19)25-22(26-21)28-13-15-29-16-14-28;7-6(8,9)5-2-1-3-10-4-5/h5-8H,9-16H2,1-4H3,(H,24,25,26);1-4H. The van der Waals surface area contributed by atoms with Gasteiger partial charge in [0.05, 0.1) is 24.5 Å². The molecule has 2 aliphatic rings. The molecular formula is C29H37F3N6O. The van der Waals surface area contributed by atoms with Crippen LogP contribution in [0.3, 0.4) is 0 Å². The third-order valence-electron chi connectivity index (χ3n) is 6.85. The van der Waals surface area contributed by atoms with Gasteiger partial charge in [0.15, 0.2) is 0 Å². The maximum atomic E-state index is 11.7. The normalized spacial score (nSPS) is 16.5. The van der Waals surface area contributed by atoms with E-state index in [1.165, 1.54) is 29.1 Å². The molecule has 1 saturated heterocycles. The first-order valence-electron chi connectivity index (χ1n) is 13.3. The largest absolute Gasteiger partial charge is 0.417 e. The molecule has 2 aromatic heterocycles. The topological polar surface area (TPSA) is 66.4 Å². The van der Waals surface area contributed by atoms with Crippen molar-refractivity contribution in [2.45, 2.75) is 45.2 Å². The molecule has 0 radical (unpaired) electrons. The highest BCUT2D eigenvalue weighted by Gasteiger charge is 2.30. The van der Waals surface area contributed by atoms with E-state index in [-0.39, 0.29) is 5.41 Å². The fourth-order valence-electron chi connectivity index (χ4n) is 4.43. The number of ether oxygens (including phenoxy) is 1. The van der Waals surface area contributed by atoms with E-state index in [0.717, 1.165) is 82.0 Å². The van der Waals surface area contributed by atoms with Crippen LogP contribution in [-0.4, -0.2) is 66.3 Å². The Balaban J connectivity index is 0.000000298. The molecule has 4 heterocycles. The molecular weight excluding hydrogens is 505 g/mol. The van der Waals surface area contributed by atoms with Gasteiger partial charge in [0.2, 0.25) is 5.95 Å². The molecule has 0 aliphatic carbocycles. The monoisotopic (exact) mass is 542 g/mol. The number of alkyl halides is 3. The van der Waals surface area contributed by atoms with Crippen molar-refractivity contribution in [3.8, 4) is 0 Å². The number of hydrogen-bond donors (Lipinski definition) is 1. The molecule has 7 nitrogen and oxygen atoms in total. The number of rotatable bonds is 3. The predicted octanol–water partition coefficient (Wildman–Crippen LogP) is 5.49. The molecule has 0 amide bonds.